The van der Waals surface area contributed by atoms with Crippen molar-refractivity contribution in [1.82, 2.24) is 0 Å². The summed E-state index contributed by atoms with van der Waals surface area (Å²) in [5.74, 6) is 0. The van der Waals surface area contributed by atoms with Gasteiger partial charge in [-0.1, -0.05) is 12.1 Å². The van der Waals surface area contributed by atoms with Gasteiger partial charge in [0, 0.05) is 11.7 Å². The third-order valence-corrected chi connectivity index (χ3v) is 2.36. The molecular formula is C11H15N3. The zero-order chi connectivity index (χ0) is 10.7. The van der Waals surface area contributed by atoms with Crippen molar-refractivity contribution in [3.8, 4) is 6.07 Å². The average molecular weight is 189 g/mol. The van der Waals surface area contributed by atoms with Crippen LogP contribution in [0.25, 0.3) is 0 Å². The van der Waals surface area contributed by atoms with Crippen LogP contribution in [-0.2, 0) is 0 Å². The second kappa shape index (κ2) is 4.12. The Bertz CT molecular complexity index is 354. The van der Waals surface area contributed by atoms with Crippen molar-refractivity contribution in [2.24, 2.45) is 5.73 Å². The van der Waals surface area contributed by atoms with Crippen LogP contribution < -0.4 is 11.5 Å². The number of nitrogens with zero attached hydrogens (tertiary/aromatic N) is 1. The number of nitrogens with two attached hydrogens (primary N) is 2. The summed E-state index contributed by atoms with van der Waals surface area (Å²) in [5.41, 5.74) is 15.5. The Balaban J connectivity index is 3.07. The largest absolute Gasteiger partial charge is 0.398 e. The van der Waals surface area contributed by atoms with E-state index in [0.29, 0.717) is 6.42 Å². The maximum Gasteiger partial charge on any atom is 0.0641 e. The zero-order valence-corrected chi connectivity index (χ0v) is 8.54. The zero-order valence-electron chi connectivity index (χ0n) is 8.54. The van der Waals surface area contributed by atoms with Crippen LogP contribution >= 0.6 is 0 Å². The minimum absolute atomic E-state index is 0.210. The molecule has 1 aromatic rings. The quantitative estimate of drug-likeness (QED) is 0.696. The predicted molar refractivity (Wildman–Crippen MR) is 57.5 cm³/mol. The molecule has 3 nitrogen and oxygen atoms in total. The van der Waals surface area contributed by atoms with Crippen LogP contribution in [0.2, 0.25) is 0 Å². The maximum absolute atomic E-state index is 8.54. The summed E-state index contributed by atoms with van der Waals surface area (Å²) in [6, 6.07) is 5.75. The van der Waals surface area contributed by atoms with Gasteiger partial charge in [-0.15, -0.1) is 0 Å². The molecule has 0 bridgehead atoms. The Morgan fingerprint density at radius 1 is 1.36 bits per heavy atom. The molecule has 0 spiro atoms. The molecule has 0 radical (unpaired) electrons. The van der Waals surface area contributed by atoms with Gasteiger partial charge in [0.05, 0.1) is 12.5 Å². The van der Waals surface area contributed by atoms with E-state index in [1.807, 2.05) is 26.0 Å². The number of hydrogen-bond acceptors (Lipinski definition) is 3. The number of nitrogen functional groups attached to an aromatic ring is 1. The van der Waals surface area contributed by atoms with E-state index >= 15 is 0 Å². The number of anilines is 1. The van der Waals surface area contributed by atoms with E-state index in [1.54, 1.807) is 0 Å². The second-order valence-electron chi connectivity index (χ2n) is 3.54. The van der Waals surface area contributed by atoms with E-state index < -0.39 is 0 Å². The van der Waals surface area contributed by atoms with E-state index in [9.17, 15) is 0 Å². The lowest BCUT2D eigenvalue weighted by Crippen LogP contribution is -2.10. The smallest absolute Gasteiger partial charge is 0.0641 e. The lowest BCUT2D eigenvalue weighted by atomic mass is 9.99. The fourth-order valence-corrected chi connectivity index (χ4v) is 1.44. The van der Waals surface area contributed by atoms with Crippen LogP contribution in [0.3, 0.4) is 0 Å². The third-order valence-electron chi connectivity index (χ3n) is 2.36. The standard InChI is InChI=1S/C11H15N3/c1-7-5-9(10(13)3-4-12)6-8(2)11(7)14/h5-6,10H,3,13-14H2,1-2H3/t10-/m1/s1. The minimum atomic E-state index is -0.210. The molecular weight excluding hydrogens is 174 g/mol. The summed E-state index contributed by atoms with van der Waals surface area (Å²) in [5, 5.41) is 8.54. The molecule has 0 amide bonds. The van der Waals surface area contributed by atoms with Crippen molar-refractivity contribution in [3.05, 3.63) is 28.8 Å². The van der Waals surface area contributed by atoms with Crippen LogP contribution in [0, 0.1) is 25.2 Å². The molecule has 74 valence electrons. The first kappa shape index (κ1) is 10.6. The molecule has 14 heavy (non-hydrogen) atoms. The summed E-state index contributed by atoms with van der Waals surface area (Å²) < 4.78 is 0. The Morgan fingerprint density at radius 2 is 1.86 bits per heavy atom. The monoisotopic (exact) mass is 189 g/mol. The topological polar surface area (TPSA) is 75.8 Å². The summed E-state index contributed by atoms with van der Waals surface area (Å²) >= 11 is 0. The minimum Gasteiger partial charge on any atom is -0.398 e. The van der Waals surface area contributed by atoms with Gasteiger partial charge >= 0.3 is 0 Å². The Hall–Kier alpha value is -1.53. The predicted octanol–water partition coefficient (Wildman–Crippen LogP) is 1.80. The Labute approximate surface area is 84.3 Å². The number of benzene rings is 1. The molecule has 3 heteroatoms. The van der Waals surface area contributed by atoms with E-state index in [-0.39, 0.29) is 6.04 Å². The van der Waals surface area contributed by atoms with Crippen LogP contribution in [0.15, 0.2) is 12.1 Å². The SMILES string of the molecule is Cc1cc([C@H](N)CC#N)cc(C)c1N. The summed E-state index contributed by atoms with van der Waals surface area (Å²) in [6.45, 7) is 3.90. The first-order valence-corrected chi connectivity index (χ1v) is 4.55. The molecule has 1 atom stereocenters. The van der Waals surface area contributed by atoms with E-state index in [4.69, 9.17) is 16.7 Å². The molecule has 0 fully saturated rings. The lowest BCUT2D eigenvalue weighted by Gasteiger charge is -2.12. The van der Waals surface area contributed by atoms with Crippen LogP contribution in [0.4, 0.5) is 5.69 Å². The highest BCUT2D eigenvalue weighted by molar-refractivity contribution is 5.54. The molecule has 0 saturated carbocycles. The molecule has 4 N–H and O–H groups in total. The molecule has 1 aromatic carbocycles. The fraction of sp³-hybridized carbons (Fsp3) is 0.364. The van der Waals surface area contributed by atoms with Crippen LogP contribution in [0.1, 0.15) is 29.2 Å². The molecule has 0 aliphatic rings. The molecule has 0 aliphatic carbocycles. The summed E-state index contributed by atoms with van der Waals surface area (Å²) in [6.07, 6.45) is 0.336. The Morgan fingerprint density at radius 3 is 2.29 bits per heavy atom. The number of hydrogen-bond donors (Lipinski definition) is 2. The molecule has 1 rings (SSSR count). The highest BCUT2D eigenvalue weighted by Crippen LogP contribution is 2.23. The summed E-state index contributed by atoms with van der Waals surface area (Å²) in [7, 11) is 0. The highest BCUT2D eigenvalue weighted by Gasteiger charge is 2.08. The van der Waals surface area contributed by atoms with Crippen molar-refractivity contribution >= 4 is 5.69 Å². The van der Waals surface area contributed by atoms with Gasteiger partial charge in [-0.05, 0) is 30.5 Å². The van der Waals surface area contributed by atoms with Gasteiger partial charge in [-0.3, -0.25) is 0 Å². The van der Waals surface area contributed by atoms with Crippen molar-refractivity contribution < 1.29 is 0 Å². The van der Waals surface area contributed by atoms with E-state index in [2.05, 4.69) is 6.07 Å². The molecule has 0 heterocycles. The van der Waals surface area contributed by atoms with Gasteiger partial charge in [-0.2, -0.15) is 5.26 Å². The Kier molecular flexibility index (Phi) is 3.10. The average Bonchev–Trinajstić information content (AvgIpc) is 2.13. The van der Waals surface area contributed by atoms with Gasteiger partial charge in [0.25, 0.3) is 0 Å². The highest BCUT2D eigenvalue weighted by atomic mass is 14.6. The molecule has 0 unspecified atom stereocenters. The van der Waals surface area contributed by atoms with Crippen molar-refractivity contribution in [1.29, 1.82) is 5.26 Å². The summed E-state index contributed by atoms with van der Waals surface area (Å²) in [4.78, 5) is 0. The normalized spacial score (nSPS) is 12.1. The van der Waals surface area contributed by atoms with Crippen LogP contribution in [0.5, 0.6) is 0 Å². The third kappa shape index (κ3) is 2.04. The van der Waals surface area contributed by atoms with Crippen molar-refractivity contribution in [2.75, 3.05) is 5.73 Å². The molecule has 0 saturated heterocycles. The fourth-order valence-electron chi connectivity index (χ4n) is 1.44. The number of rotatable bonds is 2. The van der Waals surface area contributed by atoms with Gasteiger partial charge in [-0.25, -0.2) is 0 Å². The van der Waals surface area contributed by atoms with Gasteiger partial charge in [0.2, 0.25) is 0 Å². The number of aryl methyl sites for hydroxylation is 2. The van der Waals surface area contributed by atoms with E-state index in [0.717, 1.165) is 22.4 Å². The van der Waals surface area contributed by atoms with Gasteiger partial charge < -0.3 is 11.5 Å². The lowest BCUT2D eigenvalue weighted by molar-refractivity contribution is 0.747. The van der Waals surface area contributed by atoms with Crippen molar-refractivity contribution in [2.45, 2.75) is 26.3 Å². The van der Waals surface area contributed by atoms with Crippen LogP contribution in [-0.4, -0.2) is 0 Å². The van der Waals surface area contributed by atoms with Crippen molar-refractivity contribution in [3.63, 3.8) is 0 Å². The number of nitriles is 1. The van der Waals surface area contributed by atoms with Gasteiger partial charge in [0.1, 0.15) is 0 Å². The first-order chi connectivity index (χ1) is 6.56. The van der Waals surface area contributed by atoms with Gasteiger partial charge in [0.15, 0.2) is 0 Å². The molecule has 0 aliphatic heterocycles. The molecule has 0 aromatic heterocycles. The second-order valence-corrected chi connectivity index (χ2v) is 3.54. The first-order valence-electron chi connectivity index (χ1n) is 4.55. The maximum atomic E-state index is 8.54. The van der Waals surface area contributed by atoms with E-state index in [1.165, 1.54) is 0 Å².